The average Bonchev–Trinajstić information content (AvgIpc) is 3.37. The maximum absolute atomic E-state index is 13.6. The summed E-state index contributed by atoms with van der Waals surface area (Å²) >= 11 is 7.19. The van der Waals surface area contributed by atoms with Crippen LogP contribution in [-0.4, -0.2) is 64.9 Å². The number of anilines is 1. The first kappa shape index (κ1) is 30.1. The van der Waals surface area contributed by atoms with Crippen molar-refractivity contribution in [3.8, 4) is 11.4 Å². The summed E-state index contributed by atoms with van der Waals surface area (Å²) in [5, 5.41) is 11.1. The molecule has 0 bridgehead atoms. The number of nitrogens with zero attached hydrogens (tertiary/aromatic N) is 4. The summed E-state index contributed by atoms with van der Waals surface area (Å²) in [6.07, 6.45) is 0. The number of ether oxygens (including phenoxy) is 1. The molecule has 5 rings (SSSR count). The Labute approximate surface area is 250 Å². The number of rotatable bonds is 9. The van der Waals surface area contributed by atoms with Gasteiger partial charge in [0.2, 0.25) is 15.9 Å². The molecule has 0 saturated carbocycles. The quantitative estimate of drug-likeness (QED) is 0.257. The van der Waals surface area contributed by atoms with Crippen LogP contribution < -0.4 is 5.32 Å². The molecule has 220 valence electrons. The standard InChI is InChI=1S/C28H26ClF2N5O4S2/c1-18(27(37)32-25-10-9-22(31)16-24(25)29)41-28-34-33-26(36(28)17-19-5-7-21(30)8-6-19)20-3-2-4-23(15-20)42(38,39)35-11-13-40-14-12-35/h2-10,15-16,18H,11-14,17H2,1H3,(H,32,37)/t18-/m0/s1. The van der Waals surface area contributed by atoms with Gasteiger partial charge in [-0.2, -0.15) is 4.31 Å². The molecule has 1 aliphatic heterocycles. The van der Waals surface area contributed by atoms with Gasteiger partial charge < -0.3 is 10.1 Å². The first-order valence-electron chi connectivity index (χ1n) is 12.9. The Hall–Kier alpha value is -3.36. The molecule has 1 saturated heterocycles. The Balaban J connectivity index is 1.45. The predicted octanol–water partition coefficient (Wildman–Crippen LogP) is 5.07. The predicted molar refractivity (Wildman–Crippen MR) is 156 cm³/mol. The number of morpholine rings is 1. The molecule has 9 nitrogen and oxygen atoms in total. The molecule has 0 spiro atoms. The Bertz CT molecular complexity index is 1700. The molecule has 0 aliphatic carbocycles. The van der Waals surface area contributed by atoms with E-state index in [0.717, 1.165) is 23.4 Å². The Morgan fingerprint density at radius 3 is 2.48 bits per heavy atom. The number of thioether (sulfide) groups is 1. The van der Waals surface area contributed by atoms with E-state index in [4.69, 9.17) is 16.3 Å². The summed E-state index contributed by atoms with van der Waals surface area (Å²) < 4.78 is 62.1. The number of hydrogen-bond donors (Lipinski definition) is 1. The van der Waals surface area contributed by atoms with Gasteiger partial charge in [0, 0.05) is 18.7 Å². The van der Waals surface area contributed by atoms with Crippen molar-refractivity contribution in [2.24, 2.45) is 0 Å². The van der Waals surface area contributed by atoms with Gasteiger partial charge >= 0.3 is 0 Å². The normalized spacial score (nSPS) is 15.0. The molecule has 42 heavy (non-hydrogen) atoms. The van der Waals surface area contributed by atoms with Gasteiger partial charge in [0.15, 0.2) is 11.0 Å². The zero-order chi connectivity index (χ0) is 29.9. The number of amides is 1. The lowest BCUT2D eigenvalue weighted by atomic mass is 10.2. The first-order chi connectivity index (χ1) is 20.1. The van der Waals surface area contributed by atoms with E-state index in [1.165, 1.54) is 40.7 Å². The van der Waals surface area contributed by atoms with E-state index < -0.39 is 27.0 Å². The minimum absolute atomic E-state index is 0.0641. The molecule has 1 aromatic heterocycles. The number of nitrogens with one attached hydrogen (secondary N) is 1. The second kappa shape index (κ2) is 12.9. The van der Waals surface area contributed by atoms with Gasteiger partial charge in [0.25, 0.3) is 0 Å². The van der Waals surface area contributed by atoms with Crippen molar-refractivity contribution in [2.45, 2.75) is 28.8 Å². The molecule has 1 aliphatic rings. The van der Waals surface area contributed by atoms with Crippen LogP contribution in [0, 0.1) is 11.6 Å². The van der Waals surface area contributed by atoms with Gasteiger partial charge in [-0.3, -0.25) is 9.36 Å². The lowest BCUT2D eigenvalue weighted by molar-refractivity contribution is -0.115. The highest BCUT2D eigenvalue weighted by Crippen LogP contribution is 2.31. The summed E-state index contributed by atoms with van der Waals surface area (Å²) in [6.45, 7) is 3.07. The number of benzene rings is 3. The Morgan fingerprint density at radius 1 is 1.05 bits per heavy atom. The van der Waals surface area contributed by atoms with Gasteiger partial charge in [-0.05, 0) is 55.0 Å². The van der Waals surface area contributed by atoms with Crippen LogP contribution in [0.2, 0.25) is 5.02 Å². The Kier molecular flexibility index (Phi) is 9.23. The molecule has 2 heterocycles. The fourth-order valence-electron chi connectivity index (χ4n) is 4.27. The lowest BCUT2D eigenvalue weighted by Crippen LogP contribution is -2.40. The molecule has 14 heteroatoms. The van der Waals surface area contributed by atoms with Crippen molar-refractivity contribution >= 4 is 45.0 Å². The third-order valence-electron chi connectivity index (χ3n) is 6.51. The number of halogens is 3. The van der Waals surface area contributed by atoms with Gasteiger partial charge in [-0.15, -0.1) is 10.2 Å². The number of sulfonamides is 1. The van der Waals surface area contributed by atoms with Gasteiger partial charge in [-0.25, -0.2) is 17.2 Å². The van der Waals surface area contributed by atoms with Gasteiger partial charge in [-0.1, -0.05) is 47.6 Å². The van der Waals surface area contributed by atoms with Crippen molar-refractivity contribution < 1.29 is 26.7 Å². The molecular weight excluding hydrogens is 608 g/mol. The zero-order valence-corrected chi connectivity index (χ0v) is 24.7. The fourth-order valence-corrected chi connectivity index (χ4v) is 6.79. The molecule has 1 fully saturated rings. The molecule has 0 radical (unpaired) electrons. The van der Waals surface area contributed by atoms with Crippen LogP contribution in [0.4, 0.5) is 14.5 Å². The van der Waals surface area contributed by atoms with E-state index in [2.05, 4.69) is 15.5 Å². The smallest absolute Gasteiger partial charge is 0.243 e. The van der Waals surface area contributed by atoms with E-state index >= 15 is 0 Å². The minimum atomic E-state index is -3.77. The van der Waals surface area contributed by atoms with Crippen molar-refractivity contribution in [2.75, 3.05) is 31.6 Å². The van der Waals surface area contributed by atoms with Crippen molar-refractivity contribution in [3.63, 3.8) is 0 Å². The second-order valence-electron chi connectivity index (χ2n) is 9.44. The third-order valence-corrected chi connectivity index (χ3v) is 9.80. The summed E-state index contributed by atoms with van der Waals surface area (Å²) in [4.78, 5) is 13.1. The number of aromatic nitrogens is 3. The summed E-state index contributed by atoms with van der Waals surface area (Å²) in [6, 6.07) is 16.0. The summed E-state index contributed by atoms with van der Waals surface area (Å²) in [5.41, 5.74) is 1.51. The summed E-state index contributed by atoms with van der Waals surface area (Å²) in [7, 11) is -3.77. The fraction of sp³-hybridized carbons (Fsp3) is 0.250. The lowest BCUT2D eigenvalue weighted by Gasteiger charge is -2.26. The Morgan fingerprint density at radius 2 is 1.76 bits per heavy atom. The van der Waals surface area contributed by atoms with E-state index in [-0.39, 0.29) is 41.1 Å². The van der Waals surface area contributed by atoms with Crippen LogP contribution in [0.15, 0.2) is 76.8 Å². The van der Waals surface area contributed by atoms with Crippen LogP contribution in [0.25, 0.3) is 11.4 Å². The molecule has 1 N–H and O–H groups in total. The highest BCUT2D eigenvalue weighted by molar-refractivity contribution is 8.00. The molecule has 3 aromatic carbocycles. The topological polar surface area (TPSA) is 106 Å². The van der Waals surface area contributed by atoms with Gasteiger partial charge in [0.1, 0.15) is 11.6 Å². The minimum Gasteiger partial charge on any atom is -0.379 e. The SMILES string of the molecule is C[C@H](Sc1nnc(-c2cccc(S(=O)(=O)N3CCOCC3)c2)n1Cc1ccc(F)cc1)C(=O)Nc1ccc(F)cc1Cl. The van der Waals surface area contributed by atoms with Crippen LogP contribution in [0.5, 0.6) is 0 Å². The summed E-state index contributed by atoms with van der Waals surface area (Å²) in [5.74, 6) is -0.938. The zero-order valence-electron chi connectivity index (χ0n) is 22.3. The van der Waals surface area contributed by atoms with E-state index in [0.29, 0.717) is 29.8 Å². The maximum atomic E-state index is 13.6. The van der Waals surface area contributed by atoms with Crippen molar-refractivity contribution in [3.05, 3.63) is 89.0 Å². The van der Waals surface area contributed by atoms with E-state index in [9.17, 15) is 22.0 Å². The van der Waals surface area contributed by atoms with Crippen molar-refractivity contribution in [1.82, 2.24) is 19.1 Å². The van der Waals surface area contributed by atoms with Crippen molar-refractivity contribution in [1.29, 1.82) is 0 Å². The highest BCUT2D eigenvalue weighted by atomic mass is 35.5. The molecule has 4 aromatic rings. The van der Waals surface area contributed by atoms with Crippen LogP contribution in [0.3, 0.4) is 0 Å². The van der Waals surface area contributed by atoms with Crippen LogP contribution in [-0.2, 0) is 26.1 Å². The van der Waals surface area contributed by atoms with E-state index in [1.54, 1.807) is 35.8 Å². The van der Waals surface area contributed by atoms with Crippen LogP contribution >= 0.6 is 23.4 Å². The molecule has 1 amide bonds. The largest absolute Gasteiger partial charge is 0.379 e. The third kappa shape index (κ3) is 6.81. The van der Waals surface area contributed by atoms with E-state index in [1.807, 2.05) is 0 Å². The van der Waals surface area contributed by atoms with Crippen LogP contribution in [0.1, 0.15) is 12.5 Å². The molecule has 1 atom stereocenters. The monoisotopic (exact) mass is 633 g/mol. The average molecular weight is 634 g/mol. The molecule has 0 unspecified atom stereocenters. The number of carbonyl (C=O) groups excluding carboxylic acids is 1. The first-order valence-corrected chi connectivity index (χ1v) is 15.6. The maximum Gasteiger partial charge on any atom is 0.243 e. The number of carbonyl (C=O) groups is 1. The highest BCUT2D eigenvalue weighted by Gasteiger charge is 2.28. The molecular formula is C28H26ClF2N5O4S2. The number of hydrogen-bond acceptors (Lipinski definition) is 7. The van der Waals surface area contributed by atoms with Gasteiger partial charge in [0.05, 0.1) is 40.6 Å². The second-order valence-corrected chi connectivity index (χ2v) is 13.1.